The summed E-state index contributed by atoms with van der Waals surface area (Å²) in [6.45, 7) is 0.937. The number of esters is 1. The Bertz CT molecular complexity index is 869. The molecule has 4 aliphatic rings. The van der Waals surface area contributed by atoms with E-state index in [2.05, 4.69) is 10.6 Å². The minimum Gasteiger partial charge on any atom is -0.479 e. The standard InChI is InChI=1S/C23H27N3O5/c1-14(31-19-4-2-15(12-24)3-5-19)21(28)30-13-20(27)25-22(29)26-23-9-16-6-17(10-23)8-18(7-16)11-23/h2-5,14,16-18H,6-11,13H2,1H3,(H2,25,26,27,29)/t14-,16?,17?,18?,23?/m0/s1. The maximum absolute atomic E-state index is 12.4. The van der Waals surface area contributed by atoms with E-state index in [1.165, 1.54) is 26.2 Å². The normalized spacial score (nSPS) is 28.8. The van der Waals surface area contributed by atoms with Crippen molar-refractivity contribution in [1.82, 2.24) is 10.6 Å². The second-order valence-electron chi connectivity index (χ2n) is 9.20. The number of nitrogens with zero attached hydrogens (tertiary/aromatic N) is 1. The number of nitriles is 1. The molecule has 1 aromatic carbocycles. The Labute approximate surface area is 181 Å². The number of carbonyl (C=O) groups is 3. The molecule has 1 atom stereocenters. The van der Waals surface area contributed by atoms with E-state index in [9.17, 15) is 14.4 Å². The van der Waals surface area contributed by atoms with Gasteiger partial charge in [0.15, 0.2) is 12.7 Å². The number of rotatable bonds is 6. The van der Waals surface area contributed by atoms with Crippen LogP contribution in [0, 0.1) is 29.1 Å². The smallest absolute Gasteiger partial charge is 0.347 e. The molecule has 3 amide bonds. The van der Waals surface area contributed by atoms with E-state index >= 15 is 0 Å². The molecule has 4 aliphatic carbocycles. The molecule has 0 radical (unpaired) electrons. The van der Waals surface area contributed by atoms with Crippen LogP contribution in [-0.2, 0) is 14.3 Å². The van der Waals surface area contributed by atoms with Gasteiger partial charge >= 0.3 is 12.0 Å². The summed E-state index contributed by atoms with van der Waals surface area (Å²) in [7, 11) is 0. The van der Waals surface area contributed by atoms with Crippen molar-refractivity contribution in [2.24, 2.45) is 17.8 Å². The number of imide groups is 1. The van der Waals surface area contributed by atoms with Crippen LogP contribution in [0.25, 0.3) is 0 Å². The van der Waals surface area contributed by atoms with Gasteiger partial charge in [-0.05, 0) is 87.5 Å². The molecule has 1 aromatic rings. The SMILES string of the molecule is C[C@H](Oc1ccc(C#N)cc1)C(=O)OCC(=O)NC(=O)NC12CC3CC(CC(C3)C1)C2. The van der Waals surface area contributed by atoms with Crippen LogP contribution in [0.3, 0.4) is 0 Å². The zero-order chi connectivity index (χ0) is 22.0. The number of amides is 3. The number of hydrogen-bond donors (Lipinski definition) is 2. The second-order valence-corrected chi connectivity index (χ2v) is 9.20. The van der Waals surface area contributed by atoms with Crippen molar-refractivity contribution in [3.05, 3.63) is 29.8 Å². The highest BCUT2D eigenvalue weighted by Gasteiger charge is 2.51. The zero-order valence-electron chi connectivity index (χ0n) is 17.6. The predicted octanol–water partition coefficient (Wildman–Crippen LogP) is 2.66. The average Bonchev–Trinajstić information content (AvgIpc) is 2.71. The van der Waals surface area contributed by atoms with Crippen molar-refractivity contribution >= 4 is 17.9 Å². The third-order valence-corrected chi connectivity index (χ3v) is 6.64. The molecule has 164 valence electrons. The molecule has 8 nitrogen and oxygen atoms in total. The van der Waals surface area contributed by atoms with Crippen molar-refractivity contribution in [3.63, 3.8) is 0 Å². The molecule has 4 saturated carbocycles. The van der Waals surface area contributed by atoms with Crippen LogP contribution in [-0.4, -0.2) is 36.2 Å². The Kier molecular flexibility index (Phi) is 5.86. The fraction of sp³-hybridized carbons (Fsp3) is 0.565. The first-order valence-electron chi connectivity index (χ1n) is 10.8. The Morgan fingerprint density at radius 1 is 1.10 bits per heavy atom. The average molecular weight is 425 g/mol. The third-order valence-electron chi connectivity index (χ3n) is 6.64. The molecular weight excluding hydrogens is 398 g/mol. The minimum atomic E-state index is -0.943. The van der Waals surface area contributed by atoms with Gasteiger partial charge in [-0.2, -0.15) is 5.26 Å². The molecule has 31 heavy (non-hydrogen) atoms. The highest BCUT2D eigenvalue weighted by atomic mass is 16.6. The third kappa shape index (κ3) is 4.98. The Balaban J connectivity index is 1.20. The Hall–Kier alpha value is -3.08. The molecule has 5 rings (SSSR count). The number of benzene rings is 1. The van der Waals surface area contributed by atoms with Crippen LogP contribution >= 0.6 is 0 Å². The summed E-state index contributed by atoms with van der Waals surface area (Å²) in [6.07, 6.45) is 5.81. The van der Waals surface area contributed by atoms with Crippen molar-refractivity contribution in [1.29, 1.82) is 5.26 Å². The summed E-state index contributed by atoms with van der Waals surface area (Å²) in [6, 6.07) is 7.76. The topological polar surface area (TPSA) is 118 Å². The van der Waals surface area contributed by atoms with Crippen molar-refractivity contribution in [2.45, 2.75) is 57.1 Å². The summed E-state index contributed by atoms with van der Waals surface area (Å²) in [5.41, 5.74) is 0.283. The van der Waals surface area contributed by atoms with Crippen molar-refractivity contribution < 1.29 is 23.9 Å². The minimum absolute atomic E-state index is 0.195. The van der Waals surface area contributed by atoms with Crippen LogP contribution in [0.15, 0.2) is 24.3 Å². The van der Waals surface area contributed by atoms with E-state index in [1.807, 2.05) is 6.07 Å². The van der Waals surface area contributed by atoms with Crippen LogP contribution < -0.4 is 15.4 Å². The first-order valence-corrected chi connectivity index (χ1v) is 10.8. The summed E-state index contributed by atoms with van der Waals surface area (Å²) in [4.78, 5) is 36.5. The van der Waals surface area contributed by atoms with Gasteiger partial charge in [0.2, 0.25) is 0 Å². The van der Waals surface area contributed by atoms with E-state index in [1.54, 1.807) is 24.3 Å². The molecule has 0 unspecified atom stereocenters. The first kappa shape index (κ1) is 21.2. The van der Waals surface area contributed by atoms with Gasteiger partial charge in [-0.25, -0.2) is 9.59 Å². The number of carbonyl (C=O) groups excluding carboxylic acids is 3. The lowest BCUT2D eigenvalue weighted by Crippen LogP contribution is -2.62. The van der Waals surface area contributed by atoms with E-state index < -0.39 is 30.6 Å². The van der Waals surface area contributed by atoms with Gasteiger partial charge in [-0.15, -0.1) is 0 Å². The fourth-order valence-electron chi connectivity index (χ4n) is 5.81. The summed E-state index contributed by atoms with van der Waals surface area (Å²) >= 11 is 0. The monoisotopic (exact) mass is 425 g/mol. The zero-order valence-corrected chi connectivity index (χ0v) is 17.6. The van der Waals surface area contributed by atoms with Gasteiger partial charge in [0.05, 0.1) is 11.6 Å². The lowest BCUT2D eigenvalue weighted by molar-refractivity contribution is -0.154. The molecule has 0 aliphatic heterocycles. The number of hydrogen-bond acceptors (Lipinski definition) is 6. The molecule has 8 heteroatoms. The summed E-state index contributed by atoms with van der Waals surface area (Å²) < 4.78 is 10.4. The number of urea groups is 1. The summed E-state index contributed by atoms with van der Waals surface area (Å²) in [5, 5.41) is 14.1. The van der Waals surface area contributed by atoms with Gasteiger partial charge in [0, 0.05) is 5.54 Å². The predicted molar refractivity (Wildman–Crippen MR) is 110 cm³/mol. The van der Waals surface area contributed by atoms with Gasteiger partial charge < -0.3 is 14.8 Å². The highest BCUT2D eigenvalue weighted by Crippen LogP contribution is 2.55. The van der Waals surface area contributed by atoms with Crippen molar-refractivity contribution in [3.8, 4) is 11.8 Å². The molecule has 4 bridgehead atoms. The lowest BCUT2D eigenvalue weighted by Gasteiger charge is -2.56. The van der Waals surface area contributed by atoms with Gasteiger partial charge in [0.1, 0.15) is 5.75 Å². The lowest BCUT2D eigenvalue weighted by atomic mass is 9.53. The molecule has 0 heterocycles. The van der Waals surface area contributed by atoms with Gasteiger partial charge in [-0.1, -0.05) is 0 Å². The second kappa shape index (κ2) is 8.58. The Morgan fingerprint density at radius 3 is 2.23 bits per heavy atom. The van der Waals surface area contributed by atoms with Crippen LogP contribution in [0.4, 0.5) is 4.79 Å². The van der Waals surface area contributed by atoms with Crippen LogP contribution in [0.2, 0.25) is 0 Å². The largest absolute Gasteiger partial charge is 0.479 e. The maximum atomic E-state index is 12.4. The molecule has 2 N–H and O–H groups in total. The number of ether oxygens (including phenoxy) is 2. The maximum Gasteiger partial charge on any atom is 0.347 e. The van der Waals surface area contributed by atoms with Gasteiger partial charge in [-0.3, -0.25) is 10.1 Å². The highest BCUT2D eigenvalue weighted by molar-refractivity contribution is 5.96. The van der Waals surface area contributed by atoms with E-state index in [0.29, 0.717) is 29.1 Å². The Morgan fingerprint density at radius 2 is 1.68 bits per heavy atom. The van der Waals surface area contributed by atoms with E-state index in [-0.39, 0.29) is 5.54 Å². The van der Waals surface area contributed by atoms with E-state index in [4.69, 9.17) is 14.7 Å². The molecular formula is C23H27N3O5. The molecule has 0 spiro atoms. The quantitative estimate of drug-likeness (QED) is 0.677. The number of nitrogens with one attached hydrogen (secondary N) is 2. The fourth-order valence-corrected chi connectivity index (χ4v) is 5.81. The molecule has 4 fully saturated rings. The first-order chi connectivity index (χ1) is 14.8. The summed E-state index contributed by atoms with van der Waals surface area (Å²) in [5.74, 6) is 1.05. The van der Waals surface area contributed by atoms with E-state index in [0.717, 1.165) is 19.3 Å². The molecule has 0 aromatic heterocycles. The van der Waals surface area contributed by atoms with Crippen LogP contribution in [0.5, 0.6) is 5.75 Å². The van der Waals surface area contributed by atoms with Crippen molar-refractivity contribution in [2.75, 3.05) is 6.61 Å². The molecule has 0 saturated heterocycles. The van der Waals surface area contributed by atoms with Gasteiger partial charge in [0.25, 0.3) is 5.91 Å². The van der Waals surface area contributed by atoms with Crippen LogP contribution in [0.1, 0.15) is 51.0 Å².